The summed E-state index contributed by atoms with van der Waals surface area (Å²) in [5, 5.41) is 8.08. The van der Waals surface area contributed by atoms with Crippen molar-refractivity contribution in [3.8, 4) is 0 Å². The third-order valence-electron chi connectivity index (χ3n) is 0.856. The SMILES string of the molecule is CC(C)(C)OC(=O)C=C(F)C(=O)O. The van der Waals surface area contributed by atoms with Gasteiger partial charge < -0.3 is 9.84 Å². The van der Waals surface area contributed by atoms with Gasteiger partial charge in [0.15, 0.2) is 0 Å². The fraction of sp³-hybridized carbons (Fsp3) is 0.500. The van der Waals surface area contributed by atoms with Crippen molar-refractivity contribution >= 4 is 11.9 Å². The summed E-state index contributed by atoms with van der Waals surface area (Å²) in [4.78, 5) is 20.7. The first-order valence-corrected chi connectivity index (χ1v) is 3.56. The van der Waals surface area contributed by atoms with E-state index < -0.39 is 23.4 Å². The molecule has 0 bridgehead atoms. The van der Waals surface area contributed by atoms with Crippen LogP contribution in [0.4, 0.5) is 4.39 Å². The van der Waals surface area contributed by atoms with Gasteiger partial charge >= 0.3 is 11.9 Å². The van der Waals surface area contributed by atoms with E-state index in [1.54, 1.807) is 20.8 Å². The molecule has 0 aromatic rings. The smallest absolute Gasteiger partial charge is 0.365 e. The second kappa shape index (κ2) is 4.02. The largest absolute Gasteiger partial charge is 0.476 e. The molecule has 5 heteroatoms. The van der Waals surface area contributed by atoms with Gasteiger partial charge in [0.05, 0.1) is 6.08 Å². The normalized spacial score (nSPS) is 12.5. The average molecular weight is 190 g/mol. The molecule has 0 radical (unpaired) electrons. The number of carbonyl (C=O) groups excluding carboxylic acids is 1. The van der Waals surface area contributed by atoms with Gasteiger partial charge in [-0.1, -0.05) is 0 Å². The number of carbonyl (C=O) groups is 2. The molecule has 0 aliphatic heterocycles. The first-order valence-electron chi connectivity index (χ1n) is 3.56. The quantitative estimate of drug-likeness (QED) is 0.526. The van der Waals surface area contributed by atoms with Crippen molar-refractivity contribution in [1.29, 1.82) is 0 Å². The highest BCUT2D eigenvalue weighted by Crippen LogP contribution is 2.08. The topological polar surface area (TPSA) is 63.6 Å². The van der Waals surface area contributed by atoms with E-state index in [0.29, 0.717) is 6.08 Å². The highest BCUT2D eigenvalue weighted by atomic mass is 19.1. The van der Waals surface area contributed by atoms with Crippen LogP contribution in [0.15, 0.2) is 11.9 Å². The van der Waals surface area contributed by atoms with E-state index in [2.05, 4.69) is 4.74 Å². The van der Waals surface area contributed by atoms with Crippen LogP contribution in [0.5, 0.6) is 0 Å². The number of esters is 1. The standard InChI is InChI=1S/C8H11FO4/c1-8(2,3)13-6(10)4-5(9)7(11)12/h4H,1-3H3,(H,11,12). The van der Waals surface area contributed by atoms with Crippen LogP contribution in [0, 0.1) is 0 Å². The summed E-state index contributed by atoms with van der Waals surface area (Å²) in [6.45, 7) is 4.78. The molecule has 13 heavy (non-hydrogen) atoms. The molecular formula is C8H11FO4. The van der Waals surface area contributed by atoms with Crippen LogP contribution >= 0.6 is 0 Å². The van der Waals surface area contributed by atoms with Crippen LogP contribution in [-0.4, -0.2) is 22.6 Å². The molecule has 0 aromatic heterocycles. The van der Waals surface area contributed by atoms with Crippen molar-refractivity contribution < 1.29 is 23.8 Å². The van der Waals surface area contributed by atoms with Crippen molar-refractivity contribution in [3.05, 3.63) is 11.9 Å². The van der Waals surface area contributed by atoms with Gasteiger partial charge in [0, 0.05) is 0 Å². The molecule has 0 spiro atoms. The summed E-state index contributed by atoms with van der Waals surface area (Å²) in [5.74, 6) is -4.33. The number of halogens is 1. The number of carboxylic acid groups (broad SMARTS) is 1. The summed E-state index contributed by atoms with van der Waals surface area (Å²) in [6, 6.07) is 0. The third-order valence-corrected chi connectivity index (χ3v) is 0.856. The first kappa shape index (κ1) is 11.6. The predicted octanol–water partition coefficient (Wildman–Crippen LogP) is 1.27. The molecule has 0 aromatic carbocycles. The Morgan fingerprint density at radius 3 is 2.15 bits per heavy atom. The molecule has 0 atom stereocenters. The van der Waals surface area contributed by atoms with E-state index in [9.17, 15) is 14.0 Å². The number of hydrogen-bond acceptors (Lipinski definition) is 3. The van der Waals surface area contributed by atoms with Gasteiger partial charge in [0.25, 0.3) is 0 Å². The summed E-state index contributed by atoms with van der Waals surface area (Å²) in [7, 11) is 0. The minimum absolute atomic E-state index is 0.299. The Morgan fingerprint density at radius 2 is 1.85 bits per heavy atom. The van der Waals surface area contributed by atoms with Crippen LogP contribution in [0.3, 0.4) is 0 Å². The Balaban J connectivity index is 4.32. The van der Waals surface area contributed by atoms with Gasteiger partial charge in [0.1, 0.15) is 5.60 Å². The second-order valence-electron chi connectivity index (χ2n) is 3.33. The maximum Gasteiger partial charge on any atom is 0.365 e. The minimum Gasteiger partial charge on any atom is -0.476 e. The monoisotopic (exact) mass is 190 g/mol. The van der Waals surface area contributed by atoms with E-state index in [4.69, 9.17) is 5.11 Å². The first-order chi connectivity index (χ1) is 5.72. The van der Waals surface area contributed by atoms with Crippen molar-refractivity contribution in [3.63, 3.8) is 0 Å². The van der Waals surface area contributed by atoms with E-state index in [-0.39, 0.29) is 0 Å². The highest BCUT2D eigenvalue weighted by Gasteiger charge is 2.16. The van der Waals surface area contributed by atoms with E-state index in [1.165, 1.54) is 0 Å². The lowest BCUT2D eigenvalue weighted by Crippen LogP contribution is -2.23. The Hall–Kier alpha value is -1.39. The van der Waals surface area contributed by atoms with Crippen molar-refractivity contribution in [2.24, 2.45) is 0 Å². The van der Waals surface area contributed by atoms with Gasteiger partial charge in [-0.2, -0.15) is 4.39 Å². The lowest BCUT2D eigenvalue weighted by Gasteiger charge is -2.17. The summed E-state index contributed by atoms with van der Waals surface area (Å²) in [6.07, 6.45) is 0.299. The van der Waals surface area contributed by atoms with Gasteiger partial charge in [-0.15, -0.1) is 0 Å². The molecule has 0 fully saturated rings. The van der Waals surface area contributed by atoms with Crippen LogP contribution < -0.4 is 0 Å². The number of hydrogen-bond donors (Lipinski definition) is 1. The Kier molecular flexibility index (Phi) is 3.59. The Labute approximate surface area is 75.0 Å². The van der Waals surface area contributed by atoms with Crippen LogP contribution in [0.25, 0.3) is 0 Å². The maximum atomic E-state index is 12.3. The molecule has 0 aliphatic rings. The lowest BCUT2D eigenvalue weighted by atomic mass is 10.2. The van der Waals surface area contributed by atoms with Crippen molar-refractivity contribution in [2.45, 2.75) is 26.4 Å². The van der Waals surface area contributed by atoms with Crippen molar-refractivity contribution in [2.75, 3.05) is 0 Å². The lowest BCUT2D eigenvalue weighted by molar-refractivity contribution is -0.149. The third kappa shape index (κ3) is 5.84. The van der Waals surface area contributed by atoms with Crippen LogP contribution in [0.1, 0.15) is 20.8 Å². The molecule has 4 nitrogen and oxygen atoms in total. The summed E-state index contributed by atoms with van der Waals surface area (Å²) < 4.78 is 17.0. The molecule has 0 unspecified atom stereocenters. The number of ether oxygens (including phenoxy) is 1. The Bertz CT molecular complexity index is 249. The molecule has 0 saturated carbocycles. The predicted molar refractivity (Wildman–Crippen MR) is 42.7 cm³/mol. The number of carboxylic acids is 1. The molecular weight excluding hydrogens is 179 g/mol. The van der Waals surface area contributed by atoms with Gasteiger partial charge in [-0.3, -0.25) is 0 Å². The van der Waals surface area contributed by atoms with Crippen LogP contribution in [0.2, 0.25) is 0 Å². The van der Waals surface area contributed by atoms with Gasteiger partial charge in [0.2, 0.25) is 5.83 Å². The number of rotatable bonds is 2. The molecule has 1 N–H and O–H groups in total. The maximum absolute atomic E-state index is 12.3. The van der Waals surface area contributed by atoms with E-state index in [1.807, 2.05) is 0 Å². The molecule has 0 amide bonds. The van der Waals surface area contributed by atoms with Gasteiger partial charge in [-0.05, 0) is 20.8 Å². The molecule has 0 aliphatic carbocycles. The zero-order valence-electron chi connectivity index (χ0n) is 7.63. The van der Waals surface area contributed by atoms with E-state index in [0.717, 1.165) is 0 Å². The Morgan fingerprint density at radius 1 is 1.38 bits per heavy atom. The fourth-order valence-corrected chi connectivity index (χ4v) is 0.496. The minimum atomic E-state index is -1.79. The van der Waals surface area contributed by atoms with Crippen LogP contribution in [-0.2, 0) is 14.3 Å². The summed E-state index contributed by atoms with van der Waals surface area (Å²) in [5.41, 5.74) is -0.758. The molecule has 0 rings (SSSR count). The molecule has 0 heterocycles. The zero-order valence-corrected chi connectivity index (χ0v) is 7.63. The molecule has 74 valence electrons. The molecule has 0 saturated heterocycles. The zero-order chi connectivity index (χ0) is 10.6. The number of aliphatic carboxylic acids is 1. The fourth-order valence-electron chi connectivity index (χ4n) is 0.496. The average Bonchev–Trinajstić information content (AvgIpc) is 1.81. The highest BCUT2D eigenvalue weighted by molar-refractivity contribution is 5.93. The van der Waals surface area contributed by atoms with Gasteiger partial charge in [-0.25, -0.2) is 9.59 Å². The second-order valence-corrected chi connectivity index (χ2v) is 3.33. The summed E-state index contributed by atoms with van der Waals surface area (Å²) >= 11 is 0. The van der Waals surface area contributed by atoms with Crippen molar-refractivity contribution in [1.82, 2.24) is 0 Å². The van der Waals surface area contributed by atoms with E-state index >= 15 is 0 Å².